The van der Waals surface area contributed by atoms with Crippen molar-refractivity contribution in [1.82, 2.24) is 10.6 Å². The van der Waals surface area contributed by atoms with Crippen molar-refractivity contribution in [2.75, 3.05) is 6.54 Å². The molecule has 0 heterocycles. The second-order valence-corrected chi connectivity index (χ2v) is 5.01. The summed E-state index contributed by atoms with van der Waals surface area (Å²) in [6.07, 6.45) is -0.665. The minimum Gasteiger partial charge on any atom is -0.481 e. The Balaban J connectivity index is 2.81. The van der Waals surface area contributed by atoms with Gasteiger partial charge in [-0.25, -0.2) is 4.79 Å². The first-order valence-electron chi connectivity index (χ1n) is 7.11. The number of rotatable bonds is 9. The van der Waals surface area contributed by atoms with Crippen molar-refractivity contribution in [3.63, 3.8) is 0 Å². The standard InChI is InChI=1S/C15H19N3O6/c16-8-12(19)17-10(7-13(20)21)14(22)18-11(15(23)24)6-9-4-2-1-3-5-9/h1-5,10-11H,6-8,16H2,(H,17,19)(H,18,22)(H,20,21)(H,23,24)/t10-,11-/m0/s1. The summed E-state index contributed by atoms with van der Waals surface area (Å²) < 4.78 is 0. The van der Waals surface area contributed by atoms with E-state index in [2.05, 4.69) is 10.6 Å². The molecule has 0 aromatic heterocycles. The Bertz CT molecular complexity index is 604. The molecule has 6 N–H and O–H groups in total. The number of aliphatic carboxylic acids is 2. The zero-order chi connectivity index (χ0) is 18.1. The Kier molecular flexibility index (Phi) is 7.37. The average molecular weight is 337 g/mol. The summed E-state index contributed by atoms with van der Waals surface area (Å²) in [6, 6.07) is 5.96. The lowest BCUT2D eigenvalue weighted by Gasteiger charge is -2.20. The molecule has 0 fully saturated rings. The van der Waals surface area contributed by atoms with E-state index in [1.54, 1.807) is 30.3 Å². The number of carbonyl (C=O) groups excluding carboxylic acids is 2. The number of hydrogen-bond acceptors (Lipinski definition) is 5. The van der Waals surface area contributed by atoms with Crippen LogP contribution >= 0.6 is 0 Å². The summed E-state index contributed by atoms with van der Waals surface area (Å²) in [5.41, 5.74) is 5.80. The number of hydrogen-bond donors (Lipinski definition) is 5. The zero-order valence-electron chi connectivity index (χ0n) is 12.8. The van der Waals surface area contributed by atoms with Gasteiger partial charge in [-0.15, -0.1) is 0 Å². The molecule has 0 aliphatic carbocycles. The Hall–Kier alpha value is -2.94. The van der Waals surface area contributed by atoms with E-state index in [1.165, 1.54) is 0 Å². The Morgan fingerprint density at radius 2 is 1.62 bits per heavy atom. The minimum absolute atomic E-state index is 0.0204. The van der Waals surface area contributed by atoms with Crippen molar-refractivity contribution >= 4 is 23.8 Å². The van der Waals surface area contributed by atoms with Crippen LogP contribution in [-0.4, -0.2) is 52.6 Å². The van der Waals surface area contributed by atoms with Crippen molar-refractivity contribution < 1.29 is 29.4 Å². The minimum atomic E-state index is -1.41. The molecule has 1 aromatic carbocycles. The number of benzene rings is 1. The summed E-state index contributed by atoms with van der Waals surface area (Å²) in [5, 5.41) is 22.5. The van der Waals surface area contributed by atoms with Crippen LogP contribution in [0.1, 0.15) is 12.0 Å². The van der Waals surface area contributed by atoms with Gasteiger partial charge in [0.15, 0.2) is 0 Å². The highest BCUT2D eigenvalue weighted by Crippen LogP contribution is 2.04. The molecule has 2 amide bonds. The number of carboxylic acids is 2. The molecule has 0 saturated carbocycles. The van der Waals surface area contributed by atoms with Crippen molar-refractivity contribution in [2.45, 2.75) is 24.9 Å². The third-order valence-electron chi connectivity index (χ3n) is 3.11. The summed E-state index contributed by atoms with van der Waals surface area (Å²) >= 11 is 0. The largest absolute Gasteiger partial charge is 0.481 e. The van der Waals surface area contributed by atoms with E-state index in [1.807, 2.05) is 0 Å². The predicted octanol–water partition coefficient (Wildman–Crippen LogP) is -1.28. The van der Waals surface area contributed by atoms with Crippen molar-refractivity contribution in [2.24, 2.45) is 5.73 Å². The van der Waals surface area contributed by atoms with Gasteiger partial charge in [0.2, 0.25) is 11.8 Å². The van der Waals surface area contributed by atoms with E-state index in [0.29, 0.717) is 5.56 Å². The molecule has 0 radical (unpaired) electrons. The lowest BCUT2D eigenvalue weighted by molar-refractivity contribution is -0.143. The third kappa shape index (κ3) is 6.44. The van der Waals surface area contributed by atoms with Crippen molar-refractivity contribution in [1.29, 1.82) is 0 Å². The average Bonchev–Trinajstić information content (AvgIpc) is 2.53. The molecule has 0 unspecified atom stereocenters. The molecule has 0 bridgehead atoms. The van der Waals surface area contributed by atoms with E-state index >= 15 is 0 Å². The first-order chi connectivity index (χ1) is 11.3. The van der Waals surface area contributed by atoms with Gasteiger partial charge in [0.05, 0.1) is 13.0 Å². The number of carbonyl (C=O) groups is 4. The zero-order valence-corrected chi connectivity index (χ0v) is 12.8. The second kappa shape index (κ2) is 9.26. The van der Waals surface area contributed by atoms with Gasteiger partial charge in [-0.05, 0) is 5.56 Å². The maximum atomic E-state index is 12.1. The molecule has 0 spiro atoms. The Morgan fingerprint density at radius 3 is 2.12 bits per heavy atom. The Morgan fingerprint density at radius 1 is 1.00 bits per heavy atom. The van der Waals surface area contributed by atoms with Gasteiger partial charge in [0.25, 0.3) is 0 Å². The van der Waals surface area contributed by atoms with Crippen LogP contribution < -0.4 is 16.4 Å². The van der Waals surface area contributed by atoms with Crippen LogP contribution in [0.15, 0.2) is 30.3 Å². The number of carboxylic acid groups (broad SMARTS) is 2. The molecule has 9 heteroatoms. The molecular formula is C15H19N3O6. The summed E-state index contributed by atoms with van der Waals surface area (Å²) in [5.74, 6) is -4.21. The molecule has 9 nitrogen and oxygen atoms in total. The van der Waals surface area contributed by atoms with E-state index < -0.39 is 48.8 Å². The highest BCUT2D eigenvalue weighted by molar-refractivity contribution is 5.93. The van der Waals surface area contributed by atoms with Crippen molar-refractivity contribution in [3.8, 4) is 0 Å². The number of nitrogens with one attached hydrogen (secondary N) is 2. The Labute approximate surface area is 137 Å². The van der Waals surface area contributed by atoms with Gasteiger partial charge >= 0.3 is 11.9 Å². The van der Waals surface area contributed by atoms with Crippen LogP contribution in [0.3, 0.4) is 0 Å². The molecule has 1 rings (SSSR count). The maximum Gasteiger partial charge on any atom is 0.326 e. The van der Waals surface area contributed by atoms with Gasteiger partial charge in [-0.1, -0.05) is 30.3 Å². The fourth-order valence-corrected chi connectivity index (χ4v) is 1.96. The fourth-order valence-electron chi connectivity index (χ4n) is 1.96. The topological polar surface area (TPSA) is 159 Å². The predicted molar refractivity (Wildman–Crippen MR) is 83.0 cm³/mol. The molecule has 0 aliphatic heterocycles. The van der Waals surface area contributed by atoms with Gasteiger partial charge in [0, 0.05) is 6.42 Å². The highest BCUT2D eigenvalue weighted by atomic mass is 16.4. The summed E-state index contributed by atoms with van der Waals surface area (Å²) in [7, 11) is 0. The SMILES string of the molecule is NCC(=O)N[C@@H](CC(=O)O)C(=O)N[C@@H](Cc1ccccc1)C(=O)O. The van der Waals surface area contributed by atoms with Crippen LogP contribution in [0, 0.1) is 0 Å². The van der Waals surface area contributed by atoms with Gasteiger partial charge in [-0.2, -0.15) is 0 Å². The summed E-state index contributed by atoms with van der Waals surface area (Å²) in [6.45, 7) is -0.421. The smallest absolute Gasteiger partial charge is 0.326 e. The molecule has 24 heavy (non-hydrogen) atoms. The third-order valence-corrected chi connectivity index (χ3v) is 3.11. The molecule has 0 saturated heterocycles. The highest BCUT2D eigenvalue weighted by Gasteiger charge is 2.28. The van der Waals surface area contributed by atoms with Crippen LogP contribution in [0.25, 0.3) is 0 Å². The second-order valence-electron chi connectivity index (χ2n) is 5.01. The lowest BCUT2D eigenvalue weighted by atomic mass is 10.1. The van der Waals surface area contributed by atoms with Crippen LogP contribution in [0.4, 0.5) is 0 Å². The molecule has 130 valence electrons. The summed E-state index contributed by atoms with van der Waals surface area (Å²) in [4.78, 5) is 45.6. The first kappa shape index (κ1) is 19.1. The number of amides is 2. The van der Waals surface area contributed by atoms with Crippen molar-refractivity contribution in [3.05, 3.63) is 35.9 Å². The molecule has 0 aliphatic rings. The lowest BCUT2D eigenvalue weighted by Crippen LogP contribution is -2.53. The number of nitrogens with two attached hydrogens (primary N) is 1. The normalized spacial score (nSPS) is 12.7. The van der Waals surface area contributed by atoms with Gasteiger partial charge in [-0.3, -0.25) is 14.4 Å². The first-order valence-corrected chi connectivity index (χ1v) is 7.11. The van der Waals surface area contributed by atoms with E-state index in [4.69, 9.17) is 10.8 Å². The van der Waals surface area contributed by atoms with E-state index in [-0.39, 0.29) is 6.42 Å². The quantitative estimate of drug-likeness (QED) is 0.375. The molecule has 1 aromatic rings. The maximum absolute atomic E-state index is 12.1. The van der Waals surface area contributed by atoms with Gasteiger partial charge < -0.3 is 26.6 Å². The van der Waals surface area contributed by atoms with E-state index in [0.717, 1.165) is 0 Å². The monoisotopic (exact) mass is 337 g/mol. The van der Waals surface area contributed by atoms with Gasteiger partial charge in [0.1, 0.15) is 12.1 Å². The van der Waals surface area contributed by atoms with Crippen LogP contribution in [0.2, 0.25) is 0 Å². The fraction of sp³-hybridized carbons (Fsp3) is 0.333. The van der Waals surface area contributed by atoms with Crippen LogP contribution in [0.5, 0.6) is 0 Å². The van der Waals surface area contributed by atoms with Crippen LogP contribution in [-0.2, 0) is 25.6 Å². The van der Waals surface area contributed by atoms with E-state index in [9.17, 15) is 24.3 Å². The molecular weight excluding hydrogens is 318 g/mol. The molecule has 2 atom stereocenters.